The van der Waals surface area contributed by atoms with E-state index in [1.54, 1.807) is 55.6 Å². The normalized spacial score (nSPS) is 10.8. The maximum atomic E-state index is 12.9. The molecule has 0 aliphatic rings. The maximum absolute atomic E-state index is 12.9. The predicted octanol–water partition coefficient (Wildman–Crippen LogP) is 2.61. The molecule has 0 saturated carbocycles. The number of nitrogens with zero attached hydrogens (tertiary/aromatic N) is 2. The molecule has 7 heteroatoms. The van der Waals surface area contributed by atoms with Gasteiger partial charge in [0.05, 0.1) is 18.0 Å². The molecule has 0 fully saturated rings. The molecule has 2 aromatic carbocycles. The average Bonchev–Trinajstić information content (AvgIpc) is 2.71. The van der Waals surface area contributed by atoms with Gasteiger partial charge in [-0.3, -0.25) is 18.7 Å². The van der Waals surface area contributed by atoms with E-state index in [2.05, 4.69) is 5.32 Å². The predicted molar refractivity (Wildman–Crippen MR) is 109 cm³/mol. The van der Waals surface area contributed by atoms with Gasteiger partial charge in [0.15, 0.2) is 0 Å². The quantitative estimate of drug-likeness (QED) is 0.682. The van der Waals surface area contributed by atoms with Crippen LogP contribution in [0.1, 0.15) is 19.8 Å². The van der Waals surface area contributed by atoms with Crippen molar-refractivity contribution in [2.24, 2.45) is 0 Å². The van der Waals surface area contributed by atoms with Crippen molar-refractivity contribution in [2.75, 3.05) is 12.4 Å². The van der Waals surface area contributed by atoms with Crippen molar-refractivity contribution in [1.29, 1.82) is 0 Å². The fourth-order valence-corrected chi connectivity index (χ4v) is 3.08. The molecule has 0 aliphatic heterocycles. The van der Waals surface area contributed by atoms with Crippen LogP contribution in [0.3, 0.4) is 0 Å². The Hall–Kier alpha value is -3.35. The summed E-state index contributed by atoms with van der Waals surface area (Å²) >= 11 is 0. The van der Waals surface area contributed by atoms with Crippen LogP contribution in [0.2, 0.25) is 0 Å². The zero-order valence-corrected chi connectivity index (χ0v) is 16.0. The number of rotatable bonds is 7. The highest BCUT2D eigenvalue weighted by molar-refractivity contribution is 5.91. The minimum atomic E-state index is -0.474. The largest absolute Gasteiger partial charge is 0.497 e. The third kappa shape index (κ3) is 3.98. The smallest absolute Gasteiger partial charge is 0.331 e. The molecule has 0 atom stereocenters. The number of aromatic nitrogens is 2. The minimum absolute atomic E-state index is 0.192. The average molecular weight is 381 g/mol. The second kappa shape index (κ2) is 8.56. The highest BCUT2D eigenvalue weighted by Crippen LogP contribution is 2.17. The monoisotopic (exact) mass is 381 g/mol. The number of anilines is 1. The van der Waals surface area contributed by atoms with E-state index in [0.29, 0.717) is 35.3 Å². The van der Waals surface area contributed by atoms with Gasteiger partial charge in [0, 0.05) is 18.3 Å². The second-order valence-electron chi connectivity index (χ2n) is 6.48. The molecule has 3 rings (SSSR count). The Morgan fingerprint density at radius 1 is 1.07 bits per heavy atom. The Kier molecular flexibility index (Phi) is 5.93. The highest BCUT2D eigenvalue weighted by Gasteiger charge is 2.15. The lowest BCUT2D eigenvalue weighted by Crippen LogP contribution is -2.41. The van der Waals surface area contributed by atoms with Crippen LogP contribution in [-0.4, -0.2) is 22.2 Å². The molecule has 146 valence electrons. The second-order valence-corrected chi connectivity index (χ2v) is 6.48. The first-order valence-electron chi connectivity index (χ1n) is 9.21. The number of benzene rings is 2. The highest BCUT2D eigenvalue weighted by atomic mass is 16.5. The number of unbranched alkanes of at least 4 members (excludes halogenated alkanes) is 1. The Bertz CT molecular complexity index is 1110. The van der Waals surface area contributed by atoms with E-state index in [-0.39, 0.29) is 18.0 Å². The molecule has 0 radical (unpaired) electrons. The van der Waals surface area contributed by atoms with Crippen LogP contribution in [0, 0.1) is 0 Å². The van der Waals surface area contributed by atoms with Gasteiger partial charge in [-0.15, -0.1) is 0 Å². The molecule has 0 unspecified atom stereocenters. The number of methoxy groups -OCH3 is 1. The molecule has 1 amide bonds. The summed E-state index contributed by atoms with van der Waals surface area (Å²) < 4.78 is 7.72. The van der Waals surface area contributed by atoms with Crippen molar-refractivity contribution in [3.05, 3.63) is 69.4 Å². The lowest BCUT2D eigenvalue weighted by Gasteiger charge is -2.14. The van der Waals surface area contributed by atoms with Crippen LogP contribution in [0.5, 0.6) is 5.75 Å². The topological polar surface area (TPSA) is 82.3 Å². The van der Waals surface area contributed by atoms with Crippen LogP contribution in [0.4, 0.5) is 5.69 Å². The Morgan fingerprint density at radius 2 is 1.86 bits per heavy atom. The van der Waals surface area contributed by atoms with Gasteiger partial charge in [0.2, 0.25) is 5.91 Å². The van der Waals surface area contributed by atoms with E-state index in [1.165, 1.54) is 9.13 Å². The lowest BCUT2D eigenvalue weighted by atomic mass is 10.2. The van der Waals surface area contributed by atoms with E-state index in [9.17, 15) is 14.4 Å². The third-order valence-corrected chi connectivity index (χ3v) is 4.52. The summed E-state index contributed by atoms with van der Waals surface area (Å²) in [6.45, 7) is 2.13. The number of nitrogens with one attached hydrogen (secondary N) is 1. The number of hydrogen-bond acceptors (Lipinski definition) is 4. The Labute approximate surface area is 162 Å². The fourth-order valence-electron chi connectivity index (χ4n) is 3.08. The van der Waals surface area contributed by atoms with E-state index in [1.807, 2.05) is 6.92 Å². The van der Waals surface area contributed by atoms with Crippen molar-refractivity contribution >= 4 is 22.5 Å². The summed E-state index contributed by atoms with van der Waals surface area (Å²) in [6, 6.07) is 13.8. The zero-order chi connectivity index (χ0) is 20.1. The van der Waals surface area contributed by atoms with Gasteiger partial charge in [-0.2, -0.15) is 0 Å². The molecular weight excluding hydrogens is 358 g/mol. The van der Waals surface area contributed by atoms with Gasteiger partial charge in [-0.25, -0.2) is 4.79 Å². The first-order valence-corrected chi connectivity index (χ1v) is 9.21. The molecule has 0 saturated heterocycles. The number of carbonyl (C=O) groups excluding carboxylic acids is 1. The Balaban J connectivity index is 1.98. The third-order valence-electron chi connectivity index (χ3n) is 4.52. The molecule has 1 heterocycles. The molecule has 1 N–H and O–H groups in total. The van der Waals surface area contributed by atoms with Crippen LogP contribution in [0.15, 0.2) is 58.1 Å². The molecule has 0 spiro atoms. The minimum Gasteiger partial charge on any atom is -0.497 e. The van der Waals surface area contributed by atoms with E-state index >= 15 is 0 Å². The number of amides is 1. The molecular formula is C21H23N3O4. The van der Waals surface area contributed by atoms with Crippen molar-refractivity contribution in [3.63, 3.8) is 0 Å². The summed E-state index contributed by atoms with van der Waals surface area (Å²) in [4.78, 5) is 38.2. The number of para-hydroxylation sites is 1. The maximum Gasteiger partial charge on any atom is 0.331 e. The summed E-state index contributed by atoms with van der Waals surface area (Å²) in [6.07, 6.45) is 1.57. The summed E-state index contributed by atoms with van der Waals surface area (Å²) in [5.74, 6) is 0.259. The first kappa shape index (κ1) is 19.4. The number of ether oxygens (including phenoxy) is 1. The molecule has 0 aliphatic carbocycles. The number of fused-ring (bicyclic) bond motifs is 1. The van der Waals surface area contributed by atoms with E-state index in [0.717, 1.165) is 6.42 Å². The molecule has 0 bridgehead atoms. The SMILES string of the molecule is CCCCn1c(=O)c2ccccc2n(CC(=O)Nc2cccc(OC)c2)c1=O. The van der Waals surface area contributed by atoms with Gasteiger partial charge in [0.25, 0.3) is 5.56 Å². The fraction of sp³-hybridized carbons (Fsp3) is 0.286. The van der Waals surface area contributed by atoms with E-state index in [4.69, 9.17) is 4.74 Å². The van der Waals surface area contributed by atoms with Gasteiger partial charge in [0.1, 0.15) is 12.3 Å². The van der Waals surface area contributed by atoms with Crippen molar-refractivity contribution in [3.8, 4) is 5.75 Å². The lowest BCUT2D eigenvalue weighted by molar-refractivity contribution is -0.116. The van der Waals surface area contributed by atoms with Crippen LogP contribution in [-0.2, 0) is 17.9 Å². The summed E-state index contributed by atoms with van der Waals surface area (Å²) in [7, 11) is 1.55. The Morgan fingerprint density at radius 3 is 2.61 bits per heavy atom. The van der Waals surface area contributed by atoms with Gasteiger partial charge in [-0.1, -0.05) is 31.5 Å². The van der Waals surface area contributed by atoms with Gasteiger partial charge < -0.3 is 10.1 Å². The number of hydrogen-bond donors (Lipinski definition) is 1. The van der Waals surface area contributed by atoms with Crippen molar-refractivity contribution < 1.29 is 9.53 Å². The van der Waals surface area contributed by atoms with E-state index < -0.39 is 5.69 Å². The van der Waals surface area contributed by atoms with Crippen molar-refractivity contribution in [1.82, 2.24) is 9.13 Å². The van der Waals surface area contributed by atoms with Crippen molar-refractivity contribution in [2.45, 2.75) is 32.9 Å². The van der Waals surface area contributed by atoms with Crippen LogP contribution >= 0.6 is 0 Å². The van der Waals surface area contributed by atoms with Gasteiger partial charge in [-0.05, 0) is 30.7 Å². The first-order chi connectivity index (χ1) is 13.5. The summed E-state index contributed by atoms with van der Waals surface area (Å²) in [5, 5.41) is 3.19. The standard InChI is InChI=1S/C21H23N3O4/c1-3-4-12-23-20(26)17-10-5-6-11-18(17)24(21(23)27)14-19(25)22-15-8-7-9-16(13-15)28-2/h5-11,13H,3-4,12,14H2,1-2H3,(H,22,25). The summed E-state index contributed by atoms with van der Waals surface area (Å²) in [5.41, 5.74) is 0.225. The van der Waals surface area contributed by atoms with Crippen LogP contribution in [0.25, 0.3) is 10.9 Å². The van der Waals surface area contributed by atoms with Gasteiger partial charge >= 0.3 is 5.69 Å². The number of carbonyl (C=O) groups is 1. The zero-order valence-electron chi connectivity index (χ0n) is 16.0. The molecule has 1 aromatic heterocycles. The molecule has 28 heavy (non-hydrogen) atoms. The molecule has 7 nitrogen and oxygen atoms in total. The van der Waals surface area contributed by atoms with Crippen LogP contribution < -0.4 is 21.3 Å². The molecule has 3 aromatic rings.